The highest BCUT2D eigenvalue weighted by Gasteiger charge is 2.08. The summed E-state index contributed by atoms with van der Waals surface area (Å²) in [5.74, 6) is 0.307. The zero-order valence-electron chi connectivity index (χ0n) is 11.8. The molecule has 3 rings (SSSR count). The smallest absolute Gasteiger partial charge is 0.231 e. The van der Waals surface area contributed by atoms with Gasteiger partial charge in [0.2, 0.25) is 5.88 Å². The minimum absolute atomic E-state index is 0.260. The zero-order valence-corrected chi connectivity index (χ0v) is 11.8. The fourth-order valence-electron chi connectivity index (χ4n) is 2.07. The molecule has 0 amide bonds. The molecule has 0 N–H and O–H groups in total. The number of benzene rings is 1. The molecular weight excluding hydrogens is 269 g/mol. The third-order valence-electron chi connectivity index (χ3n) is 3.23. The van der Waals surface area contributed by atoms with Gasteiger partial charge in [-0.1, -0.05) is 13.3 Å². The quantitative estimate of drug-likeness (QED) is 0.671. The monoisotopic (exact) mass is 285 g/mol. The molecule has 1 aromatic carbocycles. The second-order valence-electron chi connectivity index (χ2n) is 4.79. The summed E-state index contributed by atoms with van der Waals surface area (Å²) >= 11 is 0. The molecule has 5 heteroatoms. The molecule has 0 fully saturated rings. The topological polar surface area (TPSA) is 39.4 Å². The Morgan fingerprint density at radius 2 is 1.95 bits per heavy atom. The molecule has 0 unspecified atom stereocenters. The van der Waals surface area contributed by atoms with Crippen LogP contribution in [0, 0.1) is 5.82 Å². The van der Waals surface area contributed by atoms with Crippen molar-refractivity contribution in [3.05, 3.63) is 48.4 Å². The van der Waals surface area contributed by atoms with Crippen molar-refractivity contribution in [1.29, 1.82) is 0 Å². The molecule has 108 valence electrons. The lowest BCUT2D eigenvalue weighted by atomic mass is 10.2. The van der Waals surface area contributed by atoms with Gasteiger partial charge in [0.05, 0.1) is 18.5 Å². The van der Waals surface area contributed by atoms with E-state index in [2.05, 4.69) is 17.0 Å². The second-order valence-corrected chi connectivity index (χ2v) is 4.79. The molecule has 0 bridgehead atoms. The van der Waals surface area contributed by atoms with Crippen LogP contribution in [-0.4, -0.2) is 21.2 Å². The molecule has 0 spiro atoms. The number of fused-ring (bicyclic) bond motifs is 1. The van der Waals surface area contributed by atoms with Gasteiger partial charge in [-0.2, -0.15) is 0 Å². The highest BCUT2D eigenvalue weighted by molar-refractivity contribution is 5.62. The van der Waals surface area contributed by atoms with E-state index in [4.69, 9.17) is 4.74 Å². The van der Waals surface area contributed by atoms with Crippen LogP contribution in [0.5, 0.6) is 5.88 Å². The Labute approximate surface area is 122 Å². The van der Waals surface area contributed by atoms with Crippen molar-refractivity contribution in [2.75, 3.05) is 6.61 Å². The van der Waals surface area contributed by atoms with Crippen LogP contribution in [0.4, 0.5) is 4.39 Å². The van der Waals surface area contributed by atoms with Crippen LogP contribution >= 0.6 is 0 Å². The lowest BCUT2D eigenvalue weighted by Crippen LogP contribution is -2.02. The molecule has 21 heavy (non-hydrogen) atoms. The van der Waals surface area contributed by atoms with Crippen LogP contribution < -0.4 is 4.74 Å². The highest BCUT2D eigenvalue weighted by Crippen LogP contribution is 2.21. The van der Waals surface area contributed by atoms with Crippen LogP contribution in [0.15, 0.2) is 42.6 Å². The summed E-state index contributed by atoms with van der Waals surface area (Å²) in [5.41, 5.74) is 2.41. The molecule has 0 radical (unpaired) electrons. The van der Waals surface area contributed by atoms with E-state index in [0.29, 0.717) is 12.5 Å². The van der Waals surface area contributed by atoms with E-state index in [-0.39, 0.29) is 5.82 Å². The van der Waals surface area contributed by atoms with Gasteiger partial charge in [-0.15, -0.1) is 5.10 Å². The summed E-state index contributed by atoms with van der Waals surface area (Å²) in [6.45, 7) is 2.76. The third kappa shape index (κ3) is 2.86. The maximum atomic E-state index is 13.0. The van der Waals surface area contributed by atoms with Crippen molar-refractivity contribution in [1.82, 2.24) is 14.6 Å². The Hall–Kier alpha value is -2.43. The molecular formula is C16H16FN3O. The number of unbranched alkanes of at least 4 members (excludes halogenated alkanes) is 1. The fraction of sp³-hybridized carbons (Fsp3) is 0.250. The second kappa shape index (κ2) is 5.91. The number of aromatic nitrogens is 3. The summed E-state index contributed by atoms with van der Waals surface area (Å²) in [6.07, 6.45) is 3.80. The fourth-order valence-corrected chi connectivity index (χ4v) is 2.07. The summed E-state index contributed by atoms with van der Waals surface area (Å²) in [4.78, 5) is 4.31. The minimum Gasteiger partial charge on any atom is -0.477 e. The van der Waals surface area contributed by atoms with Gasteiger partial charge in [0.25, 0.3) is 0 Å². The van der Waals surface area contributed by atoms with E-state index in [1.807, 2.05) is 12.1 Å². The Balaban J connectivity index is 1.95. The van der Waals surface area contributed by atoms with E-state index in [1.54, 1.807) is 22.8 Å². The van der Waals surface area contributed by atoms with Gasteiger partial charge in [0, 0.05) is 11.6 Å². The van der Waals surface area contributed by atoms with E-state index < -0.39 is 0 Å². The van der Waals surface area contributed by atoms with Crippen LogP contribution in [0.25, 0.3) is 16.9 Å². The molecule has 0 aliphatic heterocycles. The van der Waals surface area contributed by atoms with Crippen LogP contribution in [-0.2, 0) is 0 Å². The summed E-state index contributed by atoms with van der Waals surface area (Å²) in [6, 6.07) is 9.95. The number of nitrogens with zero attached hydrogens (tertiary/aromatic N) is 3. The average molecular weight is 285 g/mol. The first-order valence-corrected chi connectivity index (χ1v) is 7.01. The van der Waals surface area contributed by atoms with Crippen LogP contribution in [0.2, 0.25) is 0 Å². The average Bonchev–Trinajstić information content (AvgIpc) is 2.92. The van der Waals surface area contributed by atoms with E-state index in [0.717, 1.165) is 29.7 Å². The van der Waals surface area contributed by atoms with Gasteiger partial charge in [-0.25, -0.2) is 13.9 Å². The maximum absolute atomic E-state index is 13.0. The number of imidazole rings is 1. The first kappa shape index (κ1) is 13.5. The molecule has 0 saturated heterocycles. The first-order chi connectivity index (χ1) is 10.3. The molecule has 0 aliphatic rings. The van der Waals surface area contributed by atoms with Gasteiger partial charge < -0.3 is 4.74 Å². The highest BCUT2D eigenvalue weighted by atomic mass is 19.1. The Bertz CT molecular complexity index is 737. The van der Waals surface area contributed by atoms with Gasteiger partial charge in [0.15, 0.2) is 5.65 Å². The standard InChI is InChI=1S/C16H16FN3O/c1-2-3-10-21-16-9-8-15-18-11-14(20(15)19-16)12-4-6-13(17)7-5-12/h4-9,11H,2-3,10H2,1H3. The number of ether oxygens (including phenoxy) is 1. The van der Waals surface area contributed by atoms with Crippen molar-refractivity contribution >= 4 is 5.65 Å². The Morgan fingerprint density at radius 1 is 1.14 bits per heavy atom. The minimum atomic E-state index is -0.260. The molecule has 3 aromatic rings. The lowest BCUT2D eigenvalue weighted by Gasteiger charge is -2.06. The van der Waals surface area contributed by atoms with Gasteiger partial charge in [0.1, 0.15) is 5.82 Å². The molecule has 2 aromatic heterocycles. The zero-order chi connectivity index (χ0) is 14.7. The van der Waals surface area contributed by atoms with Crippen LogP contribution in [0.1, 0.15) is 19.8 Å². The van der Waals surface area contributed by atoms with Crippen molar-refractivity contribution in [3.63, 3.8) is 0 Å². The van der Waals surface area contributed by atoms with E-state index in [1.165, 1.54) is 12.1 Å². The molecule has 4 nitrogen and oxygen atoms in total. The third-order valence-corrected chi connectivity index (χ3v) is 3.23. The van der Waals surface area contributed by atoms with Crippen molar-refractivity contribution < 1.29 is 9.13 Å². The van der Waals surface area contributed by atoms with Crippen LogP contribution in [0.3, 0.4) is 0 Å². The number of rotatable bonds is 5. The Morgan fingerprint density at radius 3 is 2.71 bits per heavy atom. The predicted molar refractivity (Wildman–Crippen MR) is 78.8 cm³/mol. The molecule has 0 saturated carbocycles. The summed E-state index contributed by atoms with van der Waals surface area (Å²) in [7, 11) is 0. The van der Waals surface area contributed by atoms with Gasteiger partial charge in [-0.3, -0.25) is 0 Å². The maximum Gasteiger partial charge on any atom is 0.231 e. The molecule has 0 atom stereocenters. The van der Waals surface area contributed by atoms with Crippen molar-refractivity contribution in [2.45, 2.75) is 19.8 Å². The lowest BCUT2D eigenvalue weighted by molar-refractivity contribution is 0.293. The summed E-state index contributed by atoms with van der Waals surface area (Å²) in [5, 5.41) is 4.44. The molecule has 2 heterocycles. The summed E-state index contributed by atoms with van der Waals surface area (Å²) < 4.78 is 20.4. The molecule has 0 aliphatic carbocycles. The van der Waals surface area contributed by atoms with E-state index in [9.17, 15) is 4.39 Å². The predicted octanol–water partition coefficient (Wildman–Crippen LogP) is 3.71. The van der Waals surface area contributed by atoms with Gasteiger partial charge >= 0.3 is 0 Å². The number of hydrogen-bond acceptors (Lipinski definition) is 3. The normalized spacial score (nSPS) is 11.0. The van der Waals surface area contributed by atoms with Gasteiger partial charge in [-0.05, 0) is 36.8 Å². The van der Waals surface area contributed by atoms with Crippen molar-refractivity contribution in [2.24, 2.45) is 0 Å². The number of hydrogen-bond donors (Lipinski definition) is 0. The van der Waals surface area contributed by atoms with E-state index >= 15 is 0 Å². The first-order valence-electron chi connectivity index (χ1n) is 7.01. The van der Waals surface area contributed by atoms with Crippen molar-refractivity contribution in [3.8, 4) is 17.1 Å². The Kier molecular flexibility index (Phi) is 3.81. The number of halogens is 1. The SMILES string of the molecule is CCCCOc1ccc2ncc(-c3ccc(F)cc3)n2n1. The largest absolute Gasteiger partial charge is 0.477 e.